The molecule has 0 radical (unpaired) electrons. The molecule has 1 amide bonds. The van der Waals surface area contributed by atoms with Gasteiger partial charge in [-0.1, -0.05) is 6.92 Å². The van der Waals surface area contributed by atoms with Crippen LogP contribution in [0.1, 0.15) is 19.8 Å². The number of amides is 1. The monoisotopic (exact) mass is 290 g/mol. The molecule has 0 bridgehead atoms. The van der Waals surface area contributed by atoms with E-state index in [2.05, 4.69) is 5.32 Å². The van der Waals surface area contributed by atoms with Crippen molar-refractivity contribution in [3.05, 3.63) is 29.3 Å². The number of rotatable bonds is 2. The zero-order valence-corrected chi connectivity index (χ0v) is 10.8. The molecule has 2 unspecified atom stereocenters. The van der Waals surface area contributed by atoms with Crippen LogP contribution in [0, 0.1) is 29.2 Å². The number of nitrogens with one attached hydrogen (secondary N) is 2. The second kappa shape index (κ2) is 5.78. The maximum Gasteiger partial charge on any atom is 0.241 e. The summed E-state index contributed by atoms with van der Waals surface area (Å²) in [5.41, 5.74) is -1.09. The van der Waals surface area contributed by atoms with Gasteiger partial charge in [-0.3, -0.25) is 4.79 Å². The van der Waals surface area contributed by atoms with E-state index in [4.69, 9.17) is 0 Å². The number of benzene rings is 1. The standard InChI is InChI=1S/C13H14F4N2O/c1-6-2-3-18-9(4-6)13(20)19-12-10(16)7(14)5-8(15)11(12)17/h5-6,9,18H,2-4H2,1H3,(H,19,20). The van der Waals surface area contributed by atoms with Crippen molar-refractivity contribution in [2.45, 2.75) is 25.8 Å². The van der Waals surface area contributed by atoms with Gasteiger partial charge in [0.05, 0.1) is 6.04 Å². The van der Waals surface area contributed by atoms with E-state index in [0.717, 1.165) is 6.42 Å². The molecule has 0 spiro atoms. The van der Waals surface area contributed by atoms with Crippen molar-refractivity contribution in [2.24, 2.45) is 5.92 Å². The van der Waals surface area contributed by atoms with Gasteiger partial charge in [0.2, 0.25) is 5.91 Å². The molecule has 20 heavy (non-hydrogen) atoms. The number of hydrogen-bond acceptors (Lipinski definition) is 2. The third-order valence-electron chi connectivity index (χ3n) is 3.34. The van der Waals surface area contributed by atoms with E-state index in [9.17, 15) is 22.4 Å². The Morgan fingerprint density at radius 2 is 1.85 bits per heavy atom. The van der Waals surface area contributed by atoms with E-state index in [1.165, 1.54) is 0 Å². The molecule has 0 aromatic heterocycles. The van der Waals surface area contributed by atoms with Crippen molar-refractivity contribution in [1.82, 2.24) is 5.32 Å². The van der Waals surface area contributed by atoms with E-state index in [-0.39, 0.29) is 12.0 Å². The van der Waals surface area contributed by atoms with E-state index < -0.39 is 40.9 Å². The summed E-state index contributed by atoms with van der Waals surface area (Å²) in [7, 11) is 0. The molecular weight excluding hydrogens is 276 g/mol. The van der Waals surface area contributed by atoms with Crippen LogP contribution in [0.25, 0.3) is 0 Å². The minimum atomic E-state index is -1.61. The topological polar surface area (TPSA) is 41.1 Å². The summed E-state index contributed by atoms with van der Waals surface area (Å²) in [6, 6.07) is -0.537. The molecule has 2 atom stereocenters. The number of piperidine rings is 1. The first-order valence-corrected chi connectivity index (χ1v) is 6.27. The Morgan fingerprint density at radius 1 is 1.25 bits per heavy atom. The molecule has 1 aliphatic rings. The number of hydrogen-bond donors (Lipinski definition) is 2. The smallest absolute Gasteiger partial charge is 0.241 e. The van der Waals surface area contributed by atoms with E-state index >= 15 is 0 Å². The van der Waals surface area contributed by atoms with Crippen LogP contribution >= 0.6 is 0 Å². The molecule has 2 rings (SSSR count). The van der Waals surface area contributed by atoms with Crippen LogP contribution in [0.5, 0.6) is 0 Å². The van der Waals surface area contributed by atoms with E-state index in [0.29, 0.717) is 13.0 Å². The molecule has 1 aromatic rings. The van der Waals surface area contributed by atoms with Crippen molar-refractivity contribution in [3.63, 3.8) is 0 Å². The Labute approximate surface area is 113 Å². The number of anilines is 1. The SMILES string of the molecule is CC1CCNC(C(=O)Nc2c(F)c(F)cc(F)c2F)C1. The van der Waals surface area contributed by atoms with Crippen molar-refractivity contribution in [2.75, 3.05) is 11.9 Å². The van der Waals surface area contributed by atoms with Gasteiger partial charge < -0.3 is 10.6 Å². The van der Waals surface area contributed by atoms with Crippen LogP contribution in [0.4, 0.5) is 23.2 Å². The molecule has 1 saturated heterocycles. The largest absolute Gasteiger partial charge is 0.320 e. The summed E-state index contributed by atoms with van der Waals surface area (Å²) in [4.78, 5) is 11.9. The van der Waals surface area contributed by atoms with Gasteiger partial charge in [0, 0.05) is 6.07 Å². The first kappa shape index (κ1) is 14.8. The van der Waals surface area contributed by atoms with Gasteiger partial charge in [-0.2, -0.15) is 0 Å². The summed E-state index contributed by atoms with van der Waals surface area (Å²) in [5, 5.41) is 4.81. The lowest BCUT2D eigenvalue weighted by atomic mass is 9.94. The number of halogens is 4. The van der Waals surface area contributed by atoms with Crippen LogP contribution in [0.2, 0.25) is 0 Å². The Bertz CT molecular complexity index is 509. The molecule has 1 heterocycles. The summed E-state index contributed by atoms with van der Waals surface area (Å²) < 4.78 is 52.9. The van der Waals surface area contributed by atoms with Gasteiger partial charge >= 0.3 is 0 Å². The Morgan fingerprint density at radius 3 is 2.40 bits per heavy atom. The molecule has 1 aromatic carbocycles. The first-order valence-electron chi connectivity index (χ1n) is 6.27. The normalized spacial score (nSPS) is 22.6. The van der Waals surface area contributed by atoms with E-state index in [1.54, 1.807) is 0 Å². The fourth-order valence-electron chi connectivity index (χ4n) is 2.20. The Balaban J connectivity index is 2.19. The van der Waals surface area contributed by atoms with Crippen molar-refractivity contribution >= 4 is 11.6 Å². The van der Waals surface area contributed by atoms with Gasteiger partial charge in [-0.25, -0.2) is 17.6 Å². The van der Waals surface area contributed by atoms with Gasteiger partial charge in [-0.05, 0) is 25.3 Å². The van der Waals surface area contributed by atoms with Gasteiger partial charge in [0.1, 0.15) is 5.69 Å². The lowest BCUT2D eigenvalue weighted by molar-refractivity contribution is -0.119. The molecule has 110 valence electrons. The molecule has 0 aliphatic carbocycles. The van der Waals surface area contributed by atoms with Crippen molar-refractivity contribution in [1.29, 1.82) is 0 Å². The van der Waals surface area contributed by atoms with Crippen LogP contribution in [-0.2, 0) is 4.79 Å². The highest BCUT2D eigenvalue weighted by Gasteiger charge is 2.27. The predicted octanol–water partition coefficient (Wildman–Crippen LogP) is 2.57. The van der Waals surface area contributed by atoms with Gasteiger partial charge in [0.25, 0.3) is 0 Å². The van der Waals surface area contributed by atoms with Gasteiger partial charge in [-0.15, -0.1) is 0 Å². The minimum Gasteiger partial charge on any atom is -0.320 e. The molecular formula is C13H14F4N2O. The van der Waals surface area contributed by atoms with Crippen molar-refractivity contribution < 1.29 is 22.4 Å². The summed E-state index contributed by atoms with van der Waals surface area (Å²) in [6.45, 7) is 2.55. The first-order chi connectivity index (χ1) is 9.40. The number of carbonyl (C=O) groups excluding carboxylic acids is 1. The minimum absolute atomic E-state index is 0.0985. The lowest BCUT2D eigenvalue weighted by Gasteiger charge is -2.27. The van der Waals surface area contributed by atoms with E-state index in [1.807, 2.05) is 12.2 Å². The highest BCUT2D eigenvalue weighted by molar-refractivity contribution is 5.95. The Kier molecular flexibility index (Phi) is 4.27. The maximum atomic E-state index is 13.4. The zero-order chi connectivity index (χ0) is 14.9. The predicted molar refractivity (Wildman–Crippen MR) is 65.1 cm³/mol. The number of carbonyl (C=O) groups is 1. The second-order valence-electron chi connectivity index (χ2n) is 4.97. The Hall–Kier alpha value is -1.63. The fraction of sp³-hybridized carbons (Fsp3) is 0.462. The molecule has 3 nitrogen and oxygen atoms in total. The molecule has 7 heteroatoms. The maximum absolute atomic E-state index is 13.4. The fourth-order valence-corrected chi connectivity index (χ4v) is 2.20. The van der Waals surface area contributed by atoms with Crippen LogP contribution in [0.15, 0.2) is 6.07 Å². The molecule has 1 fully saturated rings. The van der Waals surface area contributed by atoms with Crippen LogP contribution in [0.3, 0.4) is 0 Å². The highest BCUT2D eigenvalue weighted by Crippen LogP contribution is 2.25. The van der Waals surface area contributed by atoms with Gasteiger partial charge in [0.15, 0.2) is 23.3 Å². The quantitative estimate of drug-likeness (QED) is 0.649. The molecule has 1 aliphatic heterocycles. The summed E-state index contributed by atoms with van der Waals surface area (Å²) >= 11 is 0. The summed E-state index contributed by atoms with van der Waals surface area (Å²) in [6.07, 6.45) is 1.38. The summed E-state index contributed by atoms with van der Waals surface area (Å²) in [5.74, 6) is -6.75. The second-order valence-corrected chi connectivity index (χ2v) is 4.97. The average Bonchev–Trinajstić information content (AvgIpc) is 2.41. The lowest BCUT2D eigenvalue weighted by Crippen LogP contribution is -2.45. The average molecular weight is 290 g/mol. The van der Waals surface area contributed by atoms with Crippen molar-refractivity contribution in [3.8, 4) is 0 Å². The van der Waals surface area contributed by atoms with Crippen LogP contribution < -0.4 is 10.6 Å². The third-order valence-corrected chi connectivity index (χ3v) is 3.34. The molecule has 0 saturated carbocycles. The van der Waals surface area contributed by atoms with Crippen LogP contribution in [-0.4, -0.2) is 18.5 Å². The molecule has 2 N–H and O–H groups in total. The highest BCUT2D eigenvalue weighted by atomic mass is 19.2. The third kappa shape index (κ3) is 2.92. The zero-order valence-electron chi connectivity index (χ0n) is 10.8.